The van der Waals surface area contributed by atoms with Crippen molar-refractivity contribution < 1.29 is 46.3 Å². The monoisotopic (exact) mass is 748 g/mol. The van der Waals surface area contributed by atoms with E-state index < -0.39 is 57.2 Å². The molecule has 1 aromatic carbocycles. The number of nitrogen functional groups attached to an aromatic ring is 1. The van der Waals surface area contributed by atoms with Crippen molar-refractivity contribution >= 4 is 56.2 Å². The van der Waals surface area contributed by atoms with Gasteiger partial charge in [0.15, 0.2) is 16.9 Å². The van der Waals surface area contributed by atoms with Crippen LogP contribution in [0.1, 0.15) is 69.7 Å². The normalized spacial score (nSPS) is 24.4. The second-order valence-electron chi connectivity index (χ2n) is 14.0. The van der Waals surface area contributed by atoms with Crippen LogP contribution in [0.4, 0.5) is 5.13 Å². The van der Waals surface area contributed by atoms with Crippen LogP contribution in [-0.2, 0) is 40.3 Å². The molecule has 8 N–H and O–H groups in total. The van der Waals surface area contributed by atoms with Gasteiger partial charge in [-0.3, -0.25) is 19.1 Å². The Kier molecular flexibility index (Phi) is 9.51. The number of nitrogens with one attached hydrogen (secondary N) is 2. The maximum absolute atomic E-state index is 13.5. The van der Waals surface area contributed by atoms with Gasteiger partial charge in [0.05, 0.1) is 11.6 Å². The highest BCUT2D eigenvalue weighted by Gasteiger charge is 2.58. The molecule has 4 aliphatic rings. The van der Waals surface area contributed by atoms with Gasteiger partial charge < -0.3 is 36.8 Å². The zero-order valence-corrected chi connectivity index (χ0v) is 29.8. The van der Waals surface area contributed by atoms with Crippen molar-refractivity contribution in [3.05, 3.63) is 40.4 Å². The molecular formula is C31H40N8O10S2. The first-order valence-electron chi connectivity index (χ1n) is 16.3. The van der Waals surface area contributed by atoms with Gasteiger partial charge in [0.1, 0.15) is 23.3 Å². The number of carboxylic acid groups (broad SMARTS) is 1. The van der Waals surface area contributed by atoms with Crippen molar-refractivity contribution in [1.82, 2.24) is 20.7 Å². The average molecular weight is 749 g/mol. The Morgan fingerprint density at radius 3 is 2.51 bits per heavy atom. The van der Waals surface area contributed by atoms with E-state index in [0.717, 1.165) is 61.2 Å². The number of amidine groups is 1. The first kappa shape index (κ1) is 36.4. The predicted molar refractivity (Wildman–Crippen MR) is 183 cm³/mol. The van der Waals surface area contributed by atoms with Gasteiger partial charge in [0, 0.05) is 24.0 Å². The van der Waals surface area contributed by atoms with E-state index in [4.69, 9.17) is 30.6 Å². The number of fused-ring (bicyclic) bond motifs is 1. The van der Waals surface area contributed by atoms with Gasteiger partial charge in [0.25, 0.3) is 17.4 Å². The minimum atomic E-state index is -5.03. The summed E-state index contributed by atoms with van der Waals surface area (Å²) >= 11 is 0.972. The van der Waals surface area contributed by atoms with Crippen molar-refractivity contribution in [3.8, 4) is 5.75 Å². The summed E-state index contributed by atoms with van der Waals surface area (Å²) in [4.78, 5) is 53.3. The molecule has 4 heterocycles. The molecule has 0 unspecified atom stereocenters. The number of aromatic nitrogens is 1. The van der Waals surface area contributed by atoms with E-state index in [0.29, 0.717) is 28.5 Å². The minimum absolute atomic E-state index is 0.0647. The molecule has 1 aromatic heterocycles. The number of anilines is 1. The Balaban J connectivity index is 1.17. The molecule has 2 aromatic rings. The number of amides is 2. The third kappa shape index (κ3) is 7.23. The summed E-state index contributed by atoms with van der Waals surface area (Å²) in [5, 5.41) is 21.9. The lowest BCUT2D eigenvalue weighted by Crippen LogP contribution is -2.76. The number of thiazole rings is 1. The number of β-lactam (4-membered cyclic amide) rings is 1. The van der Waals surface area contributed by atoms with Crippen LogP contribution < -0.4 is 26.8 Å². The van der Waals surface area contributed by atoms with Gasteiger partial charge >= 0.3 is 16.4 Å². The number of carboxylic acids is 1. The Bertz CT molecular complexity index is 1900. The van der Waals surface area contributed by atoms with E-state index in [2.05, 4.69) is 25.1 Å². The molecule has 51 heavy (non-hydrogen) atoms. The van der Waals surface area contributed by atoms with Crippen molar-refractivity contribution in [2.24, 2.45) is 21.3 Å². The molecule has 0 bridgehead atoms. The number of carbonyl (C=O) groups is 3. The number of rotatable bonds is 11. The number of nitrogens with zero attached hydrogens (tertiary/aromatic N) is 4. The first-order valence-corrected chi connectivity index (χ1v) is 18.5. The van der Waals surface area contributed by atoms with Gasteiger partial charge in [-0.2, -0.15) is 13.5 Å². The van der Waals surface area contributed by atoms with Gasteiger partial charge in [0.2, 0.25) is 0 Å². The molecule has 3 aliphatic heterocycles. The molecule has 1 aliphatic carbocycles. The van der Waals surface area contributed by atoms with Crippen LogP contribution in [0.25, 0.3) is 0 Å². The van der Waals surface area contributed by atoms with Crippen LogP contribution in [0, 0.1) is 5.41 Å². The fourth-order valence-corrected chi connectivity index (χ4v) is 7.78. The molecule has 3 atom stereocenters. The minimum Gasteiger partial charge on any atom is -0.485 e. The lowest BCUT2D eigenvalue weighted by atomic mass is 9.69. The third-order valence-corrected chi connectivity index (χ3v) is 11.1. The molecule has 1 spiro atoms. The number of hydrogen-bond acceptors (Lipinski definition) is 14. The van der Waals surface area contributed by atoms with E-state index >= 15 is 0 Å². The molecule has 276 valence electrons. The zero-order valence-electron chi connectivity index (χ0n) is 28.1. The zero-order chi connectivity index (χ0) is 36.9. The Hall–Kier alpha value is -4.37. The van der Waals surface area contributed by atoms with Crippen LogP contribution in [0.2, 0.25) is 0 Å². The number of oxime groups is 1. The predicted octanol–water partition coefficient (Wildman–Crippen LogP) is 0.761. The van der Waals surface area contributed by atoms with Gasteiger partial charge in [-0.25, -0.2) is 9.78 Å². The van der Waals surface area contributed by atoms with Crippen LogP contribution >= 0.6 is 11.3 Å². The first-order chi connectivity index (χ1) is 23.9. The Morgan fingerprint density at radius 1 is 1.24 bits per heavy atom. The third-order valence-electron chi connectivity index (χ3n) is 10.1. The van der Waals surface area contributed by atoms with Crippen LogP contribution in [0.3, 0.4) is 0 Å². The smallest absolute Gasteiger partial charge is 0.418 e. The van der Waals surface area contributed by atoms with Gasteiger partial charge in [-0.1, -0.05) is 5.16 Å². The van der Waals surface area contributed by atoms with Crippen molar-refractivity contribution in [2.75, 3.05) is 18.8 Å². The van der Waals surface area contributed by atoms with Crippen molar-refractivity contribution in [3.63, 3.8) is 0 Å². The summed E-state index contributed by atoms with van der Waals surface area (Å²) in [6.07, 6.45) is 3.83. The van der Waals surface area contributed by atoms with Crippen molar-refractivity contribution in [1.29, 1.82) is 0 Å². The number of carbonyl (C=O) groups excluding carboxylic acids is 2. The molecule has 20 heteroatoms. The second kappa shape index (κ2) is 13.3. The van der Waals surface area contributed by atoms with Gasteiger partial charge in [-0.05, 0) is 88.5 Å². The van der Waals surface area contributed by atoms with Crippen LogP contribution in [-0.4, -0.2) is 99.9 Å². The maximum Gasteiger partial charge on any atom is 0.418 e. The fourth-order valence-electron chi connectivity index (χ4n) is 6.78. The standard InChI is InChI=1S/C31H40N8O10S2/c1-29(2)23(26(41)39(29)49-51(44,45)46)37-25(40)22(19-13-50-28(33)36-19)38-48-30(3,27(42)43)21-7-5-16-12-17(4-6-20(16)47-21)24(32)35-18-8-10-31(11-9-18)14-34-15-31/h4,6,12-13,18,21,23,34H,5,7-11,14-15H2,1-3H3,(H2,32,35)(H2,33,36)(H,37,40)(H,42,43)(H,44,45,46)/b38-22-/t21-,23-,30+/m1/s1. The summed E-state index contributed by atoms with van der Waals surface area (Å²) in [6, 6.07) is 4.22. The molecule has 0 radical (unpaired) electrons. The molecule has 18 nitrogen and oxygen atoms in total. The molecule has 1 saturated carbocycles. The molecule has 6 rings (SSSR count). The largest absolute Gasteiger partial charge is 0.485 e. The Morgan fingerprint density at radius 2 is 1.94 bits per heavy atom. The Labute approximate surface area is 297 Å². The topological polar surface area (TPSA) is 270 Å². The number of nitrogens with two attached hydrogens (primary N) is 2. The lowest BCUT2D eigenvalue weighted by Gasteiger charge is -2.50. The highest BCUT2D eigenvalue weighted by molar-refractivity contribution is 7.80. The fraction of sp³-hybridized carbons (Fsp3) is 0.548. The quantitative estimate of drug-likeness (QED) is 0.0609. The number of benzene rings is 1. The molecule has 3 fully saturated rings. The number of aliphatic carboxylic acids is 1. The number of aliphatic imine (C=N–C) groups is 1. The maximum atomic E-state index is 13.5. The summed E-state index contributed by atoms with van der Waals surface area (Å²) in [5.74, 6) is -2.54. The van der Waals surface area contributed by atoms with E-state index in [1.165, 1.54) is 26.2 Å². The summed E-state index contributed by atoms with van der Waals surface area (Å²) in [7, 11) is -5.03. The number of hydroxylamine groups is 2. The summed E-state index contributed by atoms with van der Waals surface area (Å²) in [6.45, 7) is 6.15. The number of hydrogen-bond donors (Lipinski definition) is 6. The van der Waals surface area contributed by atoms with E-state index in [1.54, 1.807) is 12.1 Å². The van der Waals surface area contributed by atoms with Crippen LogP contribution in [0.15, 0.2) is 33.7 Å². The van der Waals surface area contributed by atoms with Gasteiger partial charge in [-0.15, -0.1) is 15.6 Å². The van der Waals surface area contributed by atoms with E-state index in [1.807, 2.05) is 6.07 Å². The number of ether oxygens (including phenoxy) is 1. The molecule has 2 amide bonds. The van der Waals surface area contributed by atoms with Crippen molar-refractivity contribution in [2.45, 2.75) is 88.6 Å². The SMILES string of the molecule is CC1(C)[C@H](NC(=O)/C(=N\O[C@](C)(C(=O)O)[C@H]2CCc3cc(C(N)=NC4CCC5(CC4)CNC5)ccc3O2)c2csc(N)n2)C(=O)N1OS(=O)(=O)O. The average Bonchev–Trinajstić information content (AvgIpc) is 3.50. The number of aryl methyl sites for hydroxylation is 1. The summed E-state index contributed by atoms with van der Waals surface area (Å²) < 4.78 is 41.9. The second-order valence-corrected chi connectivity index (χ2v) is 15.9. The lowest BCUT2D eigenvalue weighted by molar-refractivity contribution is -0.218. The highest BCUT2D eigenvalue weighted by atomic mass is 32.3. The summed E-state index contributed by atoms with van der Waals surface area (Å²) in [5.41, 5.74) is 10.1. The van der Waals surface area contributed by atoms with Crippen LogP contribution in [0.5, 0.6) is 5.75 Å². The molecular weight excluding hydrogens is 709 g/mol. The molecule has 2 saturated heterocycles. The van der Waals surface area contributed by atoms with E-state index in [-0.39, 0.29) is 23.3 Å². The highest BCUT2D eigenvalue weighted by Crippen LogP contribution is 2.40. The van der Waals surface area contributed by atoms with E-state index in [9.17, 15) is 27.9 Å².